The molecular formula is C20H14N4S. The minimum absolute atomic E-state index is 0.840. The molecule has 0 saturated carbocycles. The van der Waals surface area contributed by atoms with Crippen molar-refractivity contribution in [2.24, 2.45) is 0 Å². The van der Waals surface area contributed by atoms with Gasteiger partial charge in [-0.05, 0) is 35.9 Å². The number of benzene rings is 2. The van der Waals surface area contributed by atoms with Gasteiger partial charge in [0, 0.05) is 27.7 Å². The summed E-state index contributed by atoms with van der Waals surface area (Å²) in [4.78, 5) is 13.3. The summed E-state index contributed by atoms with van der Waals surface area (Å²) in [6.07, 6.45) is 3.56. The van der Waals surface area contributed by atoms with E-state index >= 15 is 0 Å². The smallest absolute Gasteiger partial charge is 0.151 e. The molecule has 0 aliphatic heterocycles. The summed E-state index contributed by atoms with van der Waals surface area (Å²) in [5.74, 6) is 0.840. The molecule has 0 amide bonds. The molecule has 0 unspecified atom stereocenters. The number of aromatic amines is 1. The number of thiophene rings is 1. The highest BCUT2D eigenvalue weighted by atomic mass is 32.1. The number of fused-ring (bicyclic) bond motifs is 2. The molecule has 3 aromatic heterocycles. The van der Waals surface area contributed by atoms with Crippen LogP contribution >= 0.6 is 11.3 Å². The van der Waals surface area contributed by atoms with Crippen LogP contribution < -0.4 is 5.32 Å². The molecule has 0 radical (unpaired) electrons. The lowest BCUT2D eigenvalue weighted by atomic mass is 10.2. The normalized spacial score (nSPS) is 11.2. The maximum Gasteiger partial charge on any atom is 0.151 e. The van der Waals surface area contributed by atoms with Crippen molar-refractivity contribution in [2.75, 3.05) is 5.32 Å². The number of rotatable bonds is 3. The van der Waals surface area contributed by atoms with E-state index < -0.39 is 0 Å². The zero-order chi connectivity index (χ0) is 16.6. The lowest BCUT2D eigenvalue weighted by molar-refractivity contribution is 1.23. The van der Waals surface area contributed by atoms with Crippen LogP contribution in [0.4, 0.5) is 11.5 Å². The van der Waals surface area contributed by atoms with Gasteiger partial charge in [0.2, 0.25) is 0 Å². The van der Waals surface area contributed by atoms with E-state index in [0.29, 0.717) is 0 Å². The third kappa shape index (κ3) is 2.55. The first-order valence-corrected chi connectivity index (χ1v) is 8.83. The van der Waals surface area contributed by atoms with Crippen LogP contribution in [0.15, 0.2) is 73.2 Å². The van der Waals surface area contributed by atoms with Crippen molar-refractivity contribution >= 4 is 44.0 Å². The van der Waals surface area contributed by atoms with Crippen LogP contribution in [0.25, 0.3) is 31.6 Å². The fourth-order valence-electron chi connectivity index (χ4n) is 2.96. The van der Waals surface area contributed by atoms with Gasteiger partial charge in [0.1, 0.15) is 6.33 Å². The van der Waals surface area contributed by atoms with Crippen molar-refractivity contribution in [3.63, 3.8) is 0 Å². The fraction of sp³-hybridized carbons (Fsp3) is 0. The number of nitrogens with one attached hydrogen (secondary N) is 2. The molecule has 2 N–H and O–H groups in total. The van der Waals surface area contributed by atoms with Gasteiger partial charge in [0.15, 0.2) is 5.82 Å². The molecule has 0 spiro atoms. The second kappa shape index (κ2) is 5.72. The van der Waals surface area contributed by atoms with E-state index in [1.807, 2.05) is 12.3 Å². The van der Waals surface area contributed by atoms with E-state index in [1.165, 1.54) is 15.8 Å². The zero-order valence-corrected chi connectivity index (χ0v) is 14.0. The number of anilines is 2. The molecule has 0 saturated heterocycles. The summed E-state index contributed by atoms with van der Waals surface area (Å²) >= 11 is 1.71. The molecule has 2 aromatic carbocycles. The van der Waals surface area contributed by atoms with E-state index in [-0.39, 0.29) is 0 Å². The maximum absolute atomic E-state index is 4.46. The van der Waals surface area contributed by atoms with Gasteiger partial charge in [0.05, 0.1) is 10.2 Å². The predicted molar refractivity (Wildman–Crippen MR) is 104 cm³/mol. The van der Waals surface area contributed by atoms with Crippen LogP contribution in [-0.2, 0) is 0 Å². The summed E-state index contributed by atoms with van der Waals surface area (Å²) in [6.45, 7) is 0. The Bertz CT molecular complexity index is 1170. The number of hydrogen-bond donors (Lipinski definition) is 2. The third-order valence-electron chi connectivity index (χ3n) is 4.19. The van der Waals surface area contributed by atoms with Crippen molar-refractivity contribution < 1.29 is 0 Å². The first-order valence-electron chi connectivity index (χ1n) is 8.01. The zero-order valence-electron chi connectivity index (χ0n) is 13.2. The Morgan fingerprint density at radius 3 is 2.76 bits per heavy atom. The van der Waals surface area contributed by atoms with Crippen LogP contribution in [0.5, 0.6) is 0 Å². The minimum atomic E-state index is 0.840. The quantitative estimate of drug-likeness (QED) is 0.450. The van der Waals surface area contributed by atoms with E-state index in [1.54, 1.807) is 17.7 Å². The highest BCUT2D eigenvalue weighted by molar-refractivity contribution is 7.22. The standard InChI is InChI=1S/C20H14N4S/c1-2-4-13(5-3-1)18-11-17-19(25-18)20(23-12-22-17)24-15-6-7-16-14(10-15)8-9-21-16/h1-12,21H,(H,22,23,24). The summed E-state index contributed by atoms with van der Waals surface area (Å²) < 4.78 is 1.07. The molecular weight excluding hydrogens is 328 g/mol. The van der Waals surface area contributed by atoms with Gasteiger partial charge in [-0.1, -0.05) is 30.3 Å². The number of nitrogens with zero attached hydrogens (tertiary/aromatic N) is 2. The van der Waals surface area contributed by atoms with Crippen LogP contribution in [0.1, 0.15) is 0 Å². The van der Waals surface area contributed by atoms with Gasteiger partial charge in [-0.25, -0.2) is 9.97 Å². The molecule has 5 heteroatoms. The third-order valence-corrected chi connectivity index (χ3v) is 5.37. The summed E-state index contributed by atoms with van der Waals surface area (Å²) in [5, 5.41) is 4.61. The fourth-order valence-corrected chi connectivity index (χ4v) is 4.02. The van der Waals surface area contributed by atoms with E-state index in [9.17, 15) is 0 Å². The molecule has 5 rings (SSSR count). The first-order chi connectivity index (χ1) is 12.4. The summed E-state index contributed by atoms with van der Waals surface area (Å²) in [7, 11) is 0. The van der Waals surface area contributed by atoms with Crippen molar-refractivity contribution in [1.29, 1.82) is 0 Å². The SMILES string of the molecule is c1ccc(-c2cc3ncnc(Nc4ccc5[nH]ccc5c4)c3s2)cc1. The second-order valence-corrected chi connectivity index (χ2v) is 6.87. The van der Waals surface area contributed by atoms with Gasteiger partial charge >= 0.3 is 0 Å². The average molecular weight is 342 g/mol. The summed E-state index contributed by atoms with van der Waals surface area (Å²) in [6, 6.07) is 20.8. The number of hydrogen-bond acceptors (Lipinski definition) is 4. The average Bonchev–Trinajstić information content (AvgIpc) is 3.29. The predicted octanol–water partition coefficient (Wildman–Crippen LogP) is 5.58. The number of H-pyrrole nitrogens is 1. The number of aromatic nitrogens is 3. The van der Waals surface area contributed by atoms with Crippen LogP contribution in [0.2, 0.25) is 0 Å². The molecule has 25 heavy (non-hydrogen) atoms. The molecule has 120 valence electrons. The van der Waals surface area contributed by atoms with E-state index in [4.69, 9.17) is 0 Å². The highest BCUT2D eigenvalue weighted by Gasteiger charge is 2.10. The molecule has 0 aliphatic carbocycles. The second-order valence-electron chi connectivity index (χ2n) is 5.82. The Morgan fingerprint density at radius 2 is 1.84 bits per heavy atom. The van der Waals surface area contributed by atoms with Crippen molar-refractivity contribution in [3.8, 4) is 10.4 Å². The Hall–Kier alpha value is -3.18. The molecule has 0 fully saturated rings. The van der Waals surface area contributed by atoms with E-state index in [0.717, 1.165) is 27.2 Å². The minimum Gasteiger partial charge on any atom is -0.361 e. The van der Waals surface area contributed by atoms with Gasteiger partial charge < -0.3 is 10.3 Å². The molecule has 0 bridgehead atoms. The molecule has 3 heterocycles. The van der Waals surface area contributed by atoms with Crippen molar-refractivity contribution in [2.45, 2.75) is 0 Å². The Balaban J connectivity index is 1.57. The molecule has 4 nitrogen and oxygen atoms in total. The van der Waals surface area contributed by atoms with Gasteiger partial charge in [-0.15, -0.1) is 11.3 Å². The van der Waals surface area contributed by atoms with E-state index in [2.05, 4.69) is 74.9 Å². The Kier molecular flexibility index (Phi) is 3.24. The summed E-state index contributed by atoms with van der Waals surface area (Å²) in [5.41, 5.74) is 4.30. The maximum atomic E-state index is 4.46. The molecule has 0 atom stereocenters. The monoisotopic (exact) mass is 342 g/mol. The van der Waals surface area contributed by atoms with Crippen molar-refractivity contribution in [1.82, 2.24) is 15.0 Å². The largest absolute Gasteiger partial charge is 0.361 e. The van der Waals surface area contributed by atoms with Crippen LogP contribution in [0, 0.1) is 0 Å². The Labute approximate surface area is 148 Å². The van der Waals surface area contributed by atoms with Crippen molar-refractivity contribution in [3.05, 3.63) is 73.2 Å². The lowest BCUT2D eigenvalue weighted by Gasteiger charge is -2.06. The van der Waals surface area contributed by atoms with Gasteiger partial charge in [-0.3, -0.25) is 0 Å². The molecule has 0 aliphatic rings. The van der Waals surface area contributed by atoms with Gasteiger partial charge in [-0.2, -0.15) is 0 Å². The van der Waals surface area contributed by atoms with Crippen LogP contribution in [0.3, 0.4) is 0 Å². The van der Waals surface area contributed by atoms with Crippen LogP contribution in [-0.4, -0.2) is 15.0 Å². The molecule has 5 aromatic rings. The first kappa shape index (κ1) is 14.2. The van der Waals surface area contributed by atoms with Gasteiger partial charge in [0.25, 0.3) is 0 Å². The highest BCUT2D eigenvalue weighted by Crippen LogP contribution is 2.36. The lowest BCUT2D eigenvalue weighted by Crippen LogP contribution is -1.94. The Morgan fingerprint density at radius 1 is 0.920 bits per heavy atom. The topological polar surface area (TPSA) is 53.6 Å².